The van der Waals surface area contributed by atoms with E-state index in [9.17, 15) is 14.7 Å². The lowest BCUT2D eigenvalue weighted by Gasteiger charge is -2.58. The maximum Gasteiger partial charge on any atom is 0.315 e. The molecule has 35 heavy (non-hydrogen) atoms. The van der Waals surface area contributed by atoms with Gasteiger partial charge in [0.1, 0.15) is 11.7 Å². The summed E-state index contributed by atoms with van der Waals surface area (Å²) in [5.74, 6) is 1.23. The number of ether oxygens (including phenoxy) is 2. The van der Waals surface area contributed by atoms with Gasteiger partial charge in [-0.25, -0.2) is 0 Å². The van der Waals surface area contributed by atoms with Crippen molar-refractivity contribution in [1.29, 1.82) is 0 Å². The van der Waals surface area contributed by atoms with Crippen LogP contribution in [0.25, 0.3) is 0 Å². The highest BCUT2D eigenvalue weighted by Gasteiger charge is 2.84. The van der Waals surface area contributed by atoms with E-state index in [1.165, 1.54) is 12.8 Å². The summed E-state index contributed by atoms with van der Waals surface area (Å²) in [5.41, 5.74) is -1.59. The highest BCUT2D eigenvalue weighted by atomic mass is 16.7. The lowest BCUT2D eigenvalue weighted by atomic mass is 9.43. The van der Waals surface area contributed by atoms with Crippen LogP contribution in [0.4, 0.5) is 0 Å². The SMILES string of the molecule is CC(C)C1=C[C@H]2C[C@]3(C=O)[C@@H]4CC[C@@H](C)[C@H]4C[C@@]2(COC2CN(CC4CC4)C(C)CO2)[C@]13C(=O)O. The zero-order valence-electron chi connectivity index (χ0n) is 21.9. The summed E-state index contributed by atoms with van der Waals surface area (Å²) in [5, 5.41) is 11.1. The molecule has 9 atom stereocenters. The molecular weight excluding hydrogens is 442 g/mol. The average molecular weight is 486 g/mol. The minimum atomic E-state index is -1.17. The Balaban J connectivity index is 1.35. The molecule has 5 fully saturated rings. The fraction of sp³-hybridized carbons (Fsp3) is 0.862. The van der Waals surface area contributed by atoms with Crippen molar-refractivity contribution in [3.63, 3.8) is 0 Å². The number of hydrogen-bond acceptors (Lipinski definition) is 5. The summed E-state index contributed by atoms with van der Waals surface area (Å²) in [6.45, 7) is 11.6. The fourth-order valence-corrected chi connectivity index (χ4v) is 9.64. The molecule has 0 aromatic carbocycles. The number of hydrogen-bond donors (Lipinski definition) is 1. The Morgan fingerprint density at radius 3 is 2.69 bits per heavy atom. The Morgan fingerprint density at radius 2 is 2.03 bits per heavy atom. The van der Waals surface area contributed by atoms with Crippen LogP contribution in [0.5, 0.6) is 0 Å². The topological polar surface area (TPSA) is 76.1 Å². The number of aldehydes is 1. The number of carboxylic acids is 1. The van der Waals surface area contributed by atoms with Gasteiger partial charge in [-0.3, -0.25) is 9.69 Å². The zero-order valence-corrected chi connectivity index (χ0v) is 21.9. The molecule has 1 aliphatic heterocycles. The van der Waals surface area contributed by atoms with Crippen LogP contribution >= 0.6 is 0 Å². The number of aliphatic carboxylic acids is 1. The van der Waals surface area contributed by atoms with Crippen molar-refractivity contribution in [2.24, 2.45) is 51.8 Å². The molecule has 0 aromatic heterocycles. The molecule has 2 unspecified atom stereocenters. The molecular formula is C29H43NO5. The Bertz CT molecular complexity index is 928. The van der Waals surface area contributed by atoms with E-state index in [0.29, 0.717) is 37.5 Å². The largest absolute Gasteiger partial charge is 0.481 e. The van der Waals surface area contributed by atoms with Crippen LogP contribution in [0.2, 0.25) is 0 Å². The predicted molar refractivity (Wildman–Crippen MR) is 131 cm³/mol. The highest BCUT2D eigenvalue weighted by molar-refractivity contribution is 5.90. The molecule has 1 saturated heterocycles. The first-order valence-electron chi connectivity index (χ1n) is 14.1. The Labute approximate surface area is 209 Å². The third-order valence-corrected chi connectivity index (χ3v) is 11.4. The van der Waals surface area contributed by atoms with Crippen LogP contribution < -0.4 is 0 Å². The van der Waals surface area contributed by atoms with E-state index in [1.54, 1.807) is 0 Å². The first kappa shape index (κ1) is 24.1. The first-order chi connectivity index (χ1) is 16.7. The number of fused-ring (bicyclic) bond motifs is 2. The summed E-state index contributed by atoms with van der Waals surface area (Å²) in [6.07, 6.45) is 9.20. The number of morpholine rings is 1. The van der Waals surface area contributed by atoms with Crippen molar-refractivity contribution >= 4 is 12.3 Å². The normalized spacial score (nSPS) is 48.8. The van der Waals surface area contributed by atoms with Crippen molar-refractivity contribution < 1.29 is 24.2 Å². The van der Waals surface area contributed by atoms with Gasteiger partial charge < -0.3 is 19.4 Å². The molecule has 0 radical (unpaired) electrons. The fourth-order valence-electron chi connectivity index (χ4n) is 9.64. The number of carbonyl (C=O) groups is 2. The van der Waals surface area contributed by atoms with Crippen molar-refractivity contribution in [1.82, 2.24) is 4.90 Å². The van der Waals surface area contributed by atoms with E-state index >= 15 is 0 Å². The minimum absolute atomic E-state index is 0.0732. The van der Waals surface area contributed by atoms with Crippen LogP contribution in [-0.2, 0) is 19.1 Å². The van der Waals surface area contributed by atoms with Crippen molar-refractivity contribution in [2.75, 3.05) is 26.3 Å². The standard InChI is InChI=1S/C29H43NO5/c1-17(2)24-9-21-10-27(15-31)23-8-5-18(3)22(23)11-28(21,29(24,27)26(32)33)16-35-25-13-30(12-20-6-7-20)19(4)14-34-25/h9,15,17-23,25H,5-8,10-14,16H2,1-4H3,(H,32,33)/t18-,19?,21+,22-,23-,25?,27+,28+,29+/m1/s1. The minimum Gasteiger partial charge on any atom is -0.481 e. The molecule has 6 rings (SSSR count). The number of carbonyl (C=O) groups excluding carboxylic acids is 1. The molecule has 4 bridgehead atoms. The predicted octanol–water partition coefficient (Wildman–Crippen LogP) is 4.38. The van der Waals surface area contributed by atoms with Gasteiger partial charge in [0.15, 0.2) is 6.29 Å². The summed E-state index contributed by atoms with van der Waals surface area (Å²) >= 11 is 0. The summed E-state index contributed by atoms with van der Waals surface area (Å²) in [4.78, 5) is 29.1. The van der Waals surface area contributed by atoms with Gasteiger partial charge in [0.05, 0.1) is 18.6 Å². The Kier molecular flexibility index (Phi) is 5.60. The second kappa shape index (κ2) is 8.13. The first-order valence-corrected chi connectivity index (χ1v) is 14.1. The molecule has 1 N–H and O–H groups in total. The van der Waals surface area contributed by atoms with E-state index < -0.39 is 22.2 Å². The monoisotopic (exact) mass is 485 g/mol. The molecule has 6 nitrogen and oxygen atoms in total. The molecule has 1 heterocycles. The summed E-state index contributed by atoms with van der Waals surface area (Å²) < 4.78 is 12.7. The van der Waals surface area contributed by atoms with Crippen LogP contribution in [0.1, 0.15) is 66.2 Å². The molecule has 6 aliphatic rings. The summed E-state index contributed by atoms with van der Waals surface area (Å²) in [7, 11) is 0. The Hall–Kier alpha value is -1.24. The second-order valence-electron chi connectivity index (χ2n) is 13.3. The maximum absolute atomic E-state index is 13.5. The van der Waals surface area contributed by atoms with Crippen LogP contribution in [0, 0.1) is 51.8 Å². The third kappa shape index (κ3) is 3.05. The van der Waals surface area contributed by atoms with Gasteiger partial charge in [0, 0.05) is 24.5 Å². The van der Waals surface area contributed by atoms with Crippen LogP contribution in [-0.4, -0.2) is 60.9 Å². The van der Waals surface area contributed by atoms with Gasteiger partial charge in [0.25, 0.3) is 0 Å². The second-order valence-corrected chi connectivity index (χ2v) is 13.3. The molecule has 6 heteroatoms. The van der Waals surface area contributed by atoms with E-state index in [2.05, 4.69) is 38.7 Å². The smallest absolute Gasteiger partial charge is 0.315 e. The molecule has 0 aromatic rings. The molecule has 5 aliphatic carbocycles. The van der Waals surface area contributed by atoms with Gasteiger partial charge in [-0.1, -0.05) is 38.8 Å². The quantitative estimate of drug-likeness (QED) is 0.406. The number of allylic oxidation sites excluding steroid dienone is 1. The Morgan fingerprint density at radius 1 is 1.26 bits per heavy atom. The van der Waals surface area contributed by atoms with Gasteiger partial charge in [-0.2, -0.15) is 0 Å². The van der Waals surface area contributed by atoms with Crippen LogP contribution in [0.15, 0.2) is 11.6 Å². The lowest BCUT2D eigenvalue weighted by molar-refractivity contribution is -0.228. The maximum atomic E-state index is 13.5. The highest BCUT2D eigenvalue weighted by Crippen LogP contribution is 2.82. The van der Waals surface area contributed by atoms with Gasteiger partial charge in [0.2, 0.25) is 0 Å². The molecule has 194 valence electrons. The number of rotatable bonds is 8. The van der Waals surface area contributed by atoms with E-state index in [0.717, 1.165) is 50.1 Å². The lowest BCUT2D eigenvalue weighted by Crippen LogP contribution is -2.64. The van der Waals surface area contributed by atoms with Crippen LogP contribution in [0.3, 0.4) is 0 Å². The van der Waals surface area contributed by atoms with Crippen molar-refractivity contribution in [3.8, 4) is 0 Å². The third-order valence-electron chi connectivity index (χ3n) is 11.4. The average Bonchev–Trinajstić information content (AvgIpc) is 3.46. The van der Waals surface area contributed by atoms with Gasteiger partial charge in [-0.15, -0.1) is 0 Å². The van der Waals surface area contributed by atoms with E-state index in [1.807, 2.05) is 0 Å². The molecule has 0 amide bonds. The molecule has 4 saturated carbocycles. The van der Waals surface area contributed by atoms with Crippen molar-refractivity contribution in [3.05, 3.63) is 11.6 Å². The zero-order chi connectivity index (χ0) is 24.8. The van der Waals surface area contributed by atoms with E-state index in [-0.39, 0.29) is 24.0 Å². The van der Waals surface area contributed by atoms with E-state index in [4.69, 9.17) is 9.47 Å². The molecule has 0 spiro atoms. The van der Waals surface area contributed by atoms with Gasteiger partial charge in [-0.05, 0) is 74.5 Å². The van der Waals surface area contributed by atoms with Crippen molar-refractivity contribution in [2.45, 2.75) is 78.6 Å². The number of nitrogens with zero attached hydrogens (tertiary/aromatic N) is 1. The van der Waals surface area contributed by atoms with Gasteiger partial charge >= 0.3 is 5.97 Å². The summed E-state index contributed by atoms with van der Waals surface area (Å²) in [6, 6.07) is 0.383. The number of carboxylic acid groups (broad SMARTS) is 1.